The third-order valence-corrected chi connectivity index (χ3v) is 2.92. The highest BCUT2D eigenvalue weighted by Gasteiger charge is 2.15. The van der Waals surface area contributed by atoms with E-state index in [2.05, 4.69) is 0 Å². The maximum Gasteiger partial charge on any atom is 0.253 e. The van der Waals surface area contributed by atoms with Gasteiger partial charge in [0.25, 0.3) is 5.91 Å². The molecule has 0 radical (unpaired) electrons. The molecule has 0 aliphatic carbocycles. The van der Waals surface area contributed by atoms with E-state index in [-0.39, 0.29) is 5.91 Å². The van der Waals surface area contributed by atoms with Crippen molar-refractivity contribution in [2.24, 2.45) is 0 Å². The van der Waals surface area contributed by atoms with Crippen molar-refractivity contribution < 1.29 is 14.3 Å². The first-order valence-electron chi connectivity index (χ1n) is 6.77. The van der Waals surface area contributed by atoms with Crippen molar-refractivity contribution in [2.45, 2.75) is 27.2 Å². The number of carbonyl (C=O) groups excluding carboxylic acids is 1. The van der Waals surface area contributed by atoms with Crippen LogP contribution in [0.15, 0.2) is 18.2 Å². The van der Waals surface area contributed by atoms with Gasteiger partial charge in [-0.2, -0.15) is 0 Å². The van der Waals surface area contributed by atoms with Crippen LogP contribution in [0.3, 0.4) is 0 Å². The van der Waals surface area contributed by atoms with Crippen LogP contribution in [0, 0.1) is 0 Å². The molecular formula is C15H23NO3. The van der Waals surface area contributed by atoms with E-state index in [1.54, 1.807) is 30.2 Å². The zero-order valence-electron chi connectivity index (χ0n) is 12.2. The maximum atomic E-state index is 12.2. The molecule has 4 nitrogen and oxygen atoms in total. The molecule has 0 heterocycles. The Labute approximate surface area is 115 Å². The molecule has 0 aliphatic rings. The Kier molecular flexibility index (Phi) is 6.19. The highest BCUT2D eigenvalue weighted by Crippen LogP contribution is 2.28. The number of carbonyl (C=O) groups is 1. The molecule has 106 valence electrons. The molecule has 1 aromatic rings. The minimum Gasteiger partial charge on any atom is -0.493 e. The predicted molar refractivity (Wildman–Crippen MR) is 76.0 cm³/mol. The van der Waals surface area contributed by atoms with Gasteiger partial charge in [0.1, 0.15) is 0 Å². The standard InChI is InChI=1S/C15H23NO3/c1-5-10-19-13-9-8-12(11-14(13)18-4)15(17)16(6-2)7-3/h8-9,11H,5-7,10H2,1-4H3. The van der Waals surface area contributed by atoms with E-state index in [1.165, 1.54) is 0 Å². The fraction of sp³-hybridized carbons (Fsp3) is 0.533. The molecule has 19 heavy (non-hydrogen) atoms. The summed E-state index contributed by atoms with van der Waals surface area (Å²) >= 11 is 0. The molecular weight excluding hydrogens is 242 g/mol. The van der Waals surface area contributed by atoms with Crippen molar-refractivity contribution >= 4 is 5.91 Å². The zero-order chi connectivity index (χ0) is 14.3. The minimum atomic E-state index is 0.0188. The summed E-state index contributed by atoms with van der Waals surface area (Å²) in [5.74, 6) is 1.30. The second-order valence-electron chi connectivity index (χ2n) is 4.19. The largest absolute Gasteiger partial charge is 0.493 e. The Morgan fingerprint density at radius 3 is 2.37 bits per heavy atom. The van der Waals surface area contributed by atoms with Gasteiger partial charge in [0.05, 0.1) is 13.7 Å². The van der Waals surface area contributed by atoms with Crippen LogP contribution in [0.5, 0.6) is 11.5 Å². The fourth-order valence-corrected chi connectivity index (χ4v) is 1.83. The van der Waals surface area contributed by atoms with Crippen molar-refractivity contribution in [1.29, 1.82) is 0 Å². The number of ether oxygens (including phenoxy) is 2. The molecule has 0 N–H and O–H groups in total. The second-order valence-corrected chi connectivity index (χ2v) is 4.19. The SMILES string of the molecule is CCCOc1ccc(C(=O)N(CC)CC)cc1OC. The van der Waals surface area contributed by atoms with Crippen molar-refractivity contribution in [3.05, 3.63) is 23.8 Å². The lowest BCUT2D eigenvalue weighted by molar-refractivity contribution is 0.0772. The Bertz CT molecular complexity index is 414. The molecule has 1 amide bonds. The van der Waals surface area contributed by atoms with Crippen LogP contribution < -0.4 is 9.47 Å². The number of amides is 1. The molecule has 1 aromatic carbocycles. The van der Waals surface area contributed by atoms with E-state index in [1.807, 2.05) is 20.8 Å². The van der Waals surface area contributed by atoms with E-state index in [0.29, 0.717) is 36.8 Å². The Morgan fingerprint density at radius 1 is 1.16 bits per heavy atom. The minimum absolute atomic E-state index is 0.0188. The number of rotatable bonds is 7. The van der Waals surface area contributed by atoms with Gasteiger partial charge in [0, 0.05) is 18.7 Å². The number of methoxy groups -OCH3 is 1. The first kappa shape index (κ1) is 15.3. The molecule has 0 saturated carbocycles. The van der Waals surface area contributed by atoms with Crippen LogP contribution in [-0.4, -0.2) is 37.6 Å². The van der Waals surface area contributed by atoms with E-state index in [4.69, 9.17) is 9.47 Å². The van der Waals surface area contributed by atoms with Crippen LogP contribution in [0.4, 0.5) is 0 Å². The summed E-state index contributed by atoms with van der Waals surface area (Å²) in [4.78, 5) is 14.0. The van der Waals surface area contributed by atoms with Gasteiger partial charge in [-0.1, -0.05) is 6.92 Å². The lowest BCUT2D eigenvalue weighted by Crippen LogP contribution is -2.30. The van der Waals surface area contributed by atoms with Crippen LogP contribution >= 0.6 is 0 Å². The molecule has 0 aliphatic heterocycles. The number of nitrogens with zero attached hydrogens (tertiary/aromatic N) is 1. The molecule has 0 aromatic heterocycles. The average molecular weight is 265 g/mol. The smallest absolute Gasteiger partial charge is 0.253 e. The van der Waals surface area contributed by atoms with Gasteiger partial charge in [0.2, 0.25) is 0 Å². The summed E-state index contributed by atoms with van der Waals surface area (Å²) in [7, 11) is 1.58. The highest BCUT2D eigenvalue weighted by atomic mass is 16.5. The summed E-state index contributed by atoms with van der Waals surface area (Å²) < 4.78 is 10.9. The van der Waals surface area contributed by atoms with Gasteiger partial charge in [-0.3, -0.25) is 4.79 Å². The second kappa shape index (κ2) is 7.67. The number of hydrogen-bond donors (Lipinski definition) is 0. The molecule has 0 bridgehead atoms. The molecule has 0 atom stereocenters. The molecule has 4 heteroatoms. The van der Waals surface area contributed by atoms with Gasteiger partial charge in [-0.15, -0.1) is 0 Å². The zero-order valence-corrected chi connectivity index (χ0v) is 12.2. The van der Waals surface area contributed by atoms with E-state index < -0.39 is 0 Å². The van der Waals surface area contributed by atoms with Gasteiger partial charge < -0.3 is 14.4 Å². The van der Waals surface area contributed by atoms with Gasteiger partial charge in [0.15, 0.2) is 11.5 Å². The lowest BCUT2D eigenvalue weighted by Gasteiger charge is -2.19. The summed E-state index contributed by atoms with van der Waals surface area (Å²) in [5.41, 5.74) is 0.629. The van der Waals surface area contributed by atoms with Crippen molar-refractivity contribution in [1.82, 2.24) is 4.90 Å². The molecule has 0 fully saturated rings. The van der Waals surface area contributed by atoms with Crippen molar-refractivity contribution in [3.63, 3.8) is 0 Å². The summed E-state index contributed by atoms with van der Waals surface area (Å²) in [6.45, 7) is 8.02. The first-order chi connectivity index (χ1) is 9.17. The van der Waals surface area contributed by atoms with Crippen LogP contribution in [0.25, 0.3) is 0 Å². The predicted octanol–water partition coefficient (Wildman–Crippen LogP) is 2.97. The maximum absolute atomic E-state index is 12.2. The molecule has 0 spiro atoms. The quantitative estimate of drug-likeness (QED) is 0.761. The Morgan fingerprint density at radius 2 is 1.84 bits per heavy atom. The number of hydrogen-bond acceptors (Lipinski definition) is 3. The monoisotopic (exact) mass is 265 g/mol. The van der Waals surface area contributed by atoms with Gasteiger partial charge in [-0.25, -0.2) is 0 Å². The molecule has 0 saturated heterocycles. The topological polar surface area (TPSA) is 38.8 Å². The summed E-state index contributed by atoms with van der Waals surface area (Å²) in [5, 5.41) is 0. The fourth-order valence-electron chi connectivity index (χ4n) is 1.83. The summed E-state index contributed by atoms with van der Waals surface area (Å²) in [6.07, 6.45) is 0.934. The molecule has 0 unspecified atom stereocenters. The third kappa shape index (κ3) is 3.88. The van der Waals surface area contributed by atoms with Crippen LogP contribution in [-0.2, 0) is 0 Å². The van der Waals surface area contributed by atoms with E-state index in [9.17, 15) is 4.79 Å². The van der Waals surface area contributed by atoms with Crippen LogP contribution in [0.1, 0.15) is 37.6 Å². The highest BCUT2D eigenvalue weighted by molar-refractivity contribution is 5.94. The third-order valence-electron chi connectivity index (χ3n) is 2.92. The van der Waals surface area contributed by atoms with Gasteiger partial charge in [-0.05, 0) is 38.5 Å². The van der Waals surface area contributed by atoms with E-state index in [0.717, 1.165) is 6.42 Å². The normalized spacial score (nSPS) is 10.1. The lowest BCUT2D eigenvalue weighted by atomic mass is 10.1. The van der Waals surface area contributed by atoms with Crippen LogP contribution in [0.2, 0.25) is 0 Å². The van der Waals surface area contributed by atoms with E-state index >= 15 is 0 Å². The van der Waals surface area contributed by atoms with Crippen molar-refractivity contribution in [2.75, 3.05) is 26.8 Å². The summed E-state index contributed by atoms with van der Waals surface area (Å²) in [6, 6.07) is 5.32. The van der Waals surface area contributed by atoms with Crippen molar-refractivity contribution in [3.8, 4) is 11.5 Å². The first-order valence-corrected chi connectivity index (χ1v) is 6.77. The molecule has 1 rings (SSSR count). The van der Waals surface area contributed by atoms with Gasteiger partial charge >= 0.3 is 0 Å². The average Bonchev–Trinajstić information content (AvgIpc) is 2.46. The Hall–Kier alpha value is -1.71. The Balaban J connectivity index is 2.95. The number of benzene rings is 1.